The fraction of sp³-hybridized carbons (Fsp3) is 0.444. The van der Waals surface area contributed by atoms with Crippen LogP contribution in [0.25, 0.3) is 0 Å². The smallest absolute Gasteiger partial charge is 0.259 e. The van der Waals surface area contributed by atoms with E-state index in [1.54, 1.807) is 4.90 Å². The predicted molar refractivity (Wildman–Crippen MR) is 55.2 cm³/mol. The lowest BCUT2D eigenvalue weighted by molar-refractivity contribution is 0.0736. The van der Waals surface area contributed by atoms with E-state index in [1.807, 2.05) is 0 Å². The van der Waals surface area contributed by atoms with E-state index in [2.05, 4.69) is 15.3 Å². The van der Waals surface area contributed by atoms with Gasteiger partial charge < -0.3 is 16.0 Å². The third-order valence-corrected chi connectivity index (χ3v) is 2.38. The van der Waals surface area contributed by atoms with Gasteiger partial charge in [0.1, 0.15) is 12.1 Å². The molecule has 1 amide bonds. The van der Waals surface area contributed by atoms with Crippen LogP contribution in [0.2, 0.25) is 0 Å². The zero-order valence-corrected chi connectivity index (χ0v) is 8.31. The highest BCUT2D eigenvalue weighted by molar-refractivity contribution is 5.97. The third-order valence-electron chi connectivity index (χ3n) is 2.38. The minimum absolute atomic E-state index is 0.0883. The lowest BCUT2D eigenvalue weighted by Gasteiger charge is -2.27. The average molecular weight is 207 g/mol. The van der Waals surface area contributed by atoms with E-state index in [9.17, 15) is 4.79 Å². The number of hydrogen-bond donors (Lipinski definition) is 2. The summed E-state index contributed by atoms with van der Waals surface area (Å²) in [6.45, 7) is 3.04. The van der Waals surface area contributed by atoms with Crippen molar-refractivity contribution >= 4 is 11.7 Å². The molecule has 80 valence electrons. The number of nitrogens with zero attached hydrogens (tertiary/aromatic N) is 3. The number of nitrogen functional groups attached to an aromatic ring is 1. The van der Waals surface area contributed by atoms with Crippen LogP contribution in [0.4, 0.5) is 5.82 Å². The fourth-order valence-corrected chi connectivity index (χ4v) is 1.54. The maximum Gasteiger partial charge on any atom is 0.259 e. The summed E-state index contributed by atoms with van der Waals surface area (Å²) in [5.41, 5.74) is 6.00. The Balaban J connectivity index is 2.16. The minimum atomic E-state index is -0.0883. The van der Waals surface area contributed by atoms with Gasteiger partial charge in [-0.2, -0.15) is 0 Å². The van der Waals surface area contributed by atoms with Gasteiger partial charge in [0, 0.05) is 32.4 Å². The predicted octanol–water partition coefficient (Wildman–Crippen LogP) is -0.896. The molecule has 0 aromatic carbocycles. The molecule has 2 rings (SSSR count). The van der Waals surface area contributed by atoms with Crippen LogP contribution >= 0.6 is 0 Å². The van der Waals surface area contributed by atoms with Gasteiger partial charge in [-0.15, -0.1) is 0 Å². The van der Waals surface area contributed by atoms with Crippen LogP contribution in [-0.2, 0) is 0 Å². The molecule has 0 aliphatic carbocycles. The summed E-state index contributed by atoms with van der Waals surface area (Å²) in [5, 5.41) is 3.18. The number of hydrogen-bond acceptors (Lipinski definition) is 5. The van der Waals surface area contributed by atoms with Crippen molar-refractivity contribution < 1.29 is 4.79 Å². The average Bonchev–Trinajstić information content (AvgIpc) is 2.30. The summed E-state index contributed by atoms with van der Waals surface area (Å²) >= 11 is 0. The Labute approximate surface area is 87.5 Å². The summed E-state index contributed by atoms with van der Waals surface area (Å²) in [4.78, 5) is 21.3. The number of carbonyl (C=O) groups is 1. The van der Waals surface area contributed by atoms with Crippen molar-refractivity contribution in [1.29, 1.82) is 0 Å². The maximum atomic E-state index is 12.0. The van der Waals surface area contributed by atoms with Gasteiger partial charge in [-0.05, 0) is 0 Å². The fourth-order valence-electron chi connectivity index (χ4n) is 1.54. The van der Waals surface area contributed by atoms with Gasteiger partial charge in [0.05, 0.1) is 5.56 Å². The van der Waals surface area contributed by atoms with Crippen molar-refractivity contribution in [1.82, 2.24) is 20.2 Å². The molecular weight excluding hydrogens is 194 g/mol. The van der Waals surface area contributed by atoms with Crippen LogP contribution in [0, 0.1) is 0 Å². The zero-order chi connectivity index (χ0) is 10.7. The normalized spacial score (nSPS) is 16.4. The SMILES string of the molecule is Nc1ncncc1C(=O)N1CCNCC1. The monoisotopic (exact) mass is 207 g/mol. The van der Waals surface area contributed by atoms with E-state index < -0.39 is 0 Å². The molecule has 1 aromatic rings. The molecule has 0 unspecified atom stereocenters. The quantitative estimate of drug-likeness (QED) is 0.623. The molecule has 0 radical (unpaired) electrons. The molecule has 0 spiro atoms. The molecule has 15 heavy (non-hydrogen) atoms. The Morgan fingerprint density at radius 3 is 2.87 bits per heavy atom. The number of piperazine rings is 1. The largest absolute Gasteiger partial charge is 0.383 e. The number of aromatic nitrogens is 2. The Kier molecular flexibility index (Phi) is 2.77. The van der Waals surface area contributed by atoms with Crippen LogP contribution in [0.5, 0.6) is 0 Å². The second-order valence-corrected chi connectivity index (χ2v) is 3.36. The zero-order valence-electron chi connectivity index (χ0n) is 8.31. The van der Waals surface area contributed by atoms with E-state index in [-0.39, 0.29) is 11.7 Å². The van der Waals surface area contributed by atoms with Crippen LogP contribution in [0.1, 0.15) is 10.4 Å². The molecule has 1 fully saturated rings. The number of nitrogens with one attached hydrogen (secondary N) is 1. The van der Waals surface area contributed by atoms with E-state index in [0.29, 0.717) is 18.7 Å². The third kappa shape index (κ3) is 2.04. The second kappa shape index (κ2) is 4.22. The first kappa shape index (κ1) is 9.85. The van der Waals surface area contributed by atoms with E-state index in [4.69, 9.17) is 5.73 Å². The standard InChI is InChI=1S/C9H13N5O/c10-8-7(5-12-6-13-8)9(15)14-3-1-11-2-4-14/h5-6,11H,1-4H2,(H2,10,12,13). The number of rotatable bonds is 1. The molecule has 0 saturated carbocycles. The van der Waals surface area contributed by atoms with Crippen molar-refractivity contribution in [3.8, 4) is 0 Å². The van der Waals surface area contributed by atoms with Gasteiger partial charge in [-0.3, -0.25) is 4.79 Å². The van der Waals surface area contributed by atoms with Gasteiger partial charge in [0.2, 0.25) is 0 Å². The van der Waals surface area contributed by atoms with Crippen LogP contribution < -0.4 is 11.1 Å². The molecule has 0 atom stereocenters. The molecule has 6 heteroatoms. The highest BCUT2D eigenvalue weighted by atomic mass is 16.2. The number of anilines is 1. The summed E-state index contributed by atoms with van der Waals surface area (Å²) in [6.07, 6.45) is 2.80. The van der Waals surface area contributed by atoms with Gasteiger partial charge in [0.25, 0.3) is 5.91 Å². The van der Waals surface area contributed by atoms with Crippen molar-refractivity contribution in [3.05, 3.63) is 18.1 Å². The highest BCUT2D eigenvalue weighted by Gasteiger charge is 2.20. The van der Waals surface area contributed by atoms with Crippen molar-refractivity contribution in [3.63, 3.8) is 0 Å². The maximum absolute atomic E-state index is 12.0. The molecule has 6 nitrogen and oxygen atoms in total. The molecular formula is C9H13N5O. The summed E-state index contributed by atoms with van der Waals surface area (Å²) in [7, 11) is 0. The van der Waals surface area contributed by atoms with Gasteiger partial charge in [0.15, 0.2) is 0 Å². The Bertz CT molecular complexity index is 361. The van der Waals surface area contributed by atoms with Crippen molar-refractivity contribution in [2.24, 2.45) is 0 Å². The molecule has 2 heterocycles. The van der Waals surface area contributed by atoms with Crippen LogP contribution in [-0.4, -0.2) is 47.0 Å². The van der Waals surface area contributed by atoms with E-state index in [1.165, 1.54) is 12.5 Å². The van der Waals surface area contributed by atoms with Gasteiger partial charge in [-0.1, -0.05) is 0 Å². The van der Waals surface area contributed by atoms with E-state index >= 15 is 0 Å². The first-order valence-corrected chi connectivity index (χ1v) is 4.84. The lowest BCUT2D eigenvalue weighted by Crippen LogP contribution is -2.46. The minimum Gasteiger partial charge on any atom is -0.383 e. The lowest BCUT2D eigenvalue weighted by atomic mass is 10.2. The van der Waals surface area contributed by atoms with Crippen molar-refractivity contribution in [2.45, 2.75) is 0 Å². The number of carbonyl (C=O) groups excluding carboxylic acids is 1. The highest BCUT2D eigenvalue weighted by Crippen LogP contribution is 2.09. The first-order chi connectivity index (χ1) is 7.29. The Morgan fingerprint density at radius 2 is 2.20 bits per heavy atom. The molecule has 3 N–H and O–H groups in total. The van der Waals surface area contributed by atoms with Crippen LogP contribution in [0.3, 0.4) is 0 Å². The van der Waals surface area contributed by atoms with Crippen molar-refractivity contribution in [2.75, 3.05) is 31.9 Å². The number of nitrogens with two attached hydrogens (primary N) is 1. The summed E-state index contributed by atoms with van der Waals surface area (Å²) in [5.74, 6) is 0.156. The molecule has 1 aromatic heterocycles. The summed E-state index contributed by atoms with van der Waals surface area (Å²) in [6, 6.07) is 0. The Morgan fingerprint density at radius 1 is 1.47 bits per heavy atom. The van der Waals surface area contributed by atoms with E-state index in [0.717, 1.165) is 13.1 Å². The topological polar surface area (TPSA) is 84.1 Å². The first-order valence-electron chi connectivity index (χ1n) is 4.84. The molecule has 1 saturated heterocycles. The summed E-state index contributed by atoms with van der Waals surface area (Å²) < 4.78 is 0. The van der Waals surface area contributed by atoms with Gasteiger partial charge in [-0.25, -0.2) is 9.97 Å². The van der Waals surface area contributed by atoms with Crippen LogP contribution in [0.15, 0.2) is 12.5 Å². The molecule has 0 bridgehead atoms. The van der Waals surface area contributed by atoms with Gasteiger partial charge >= 0.3 is 0 Å². The second-order valence-electron chi connectivity index (χ2n) is 3.36. The number of amides is 1. The molecule has 1 aliphatic heterocycles. The molecule has 1 aliphatic rings. The Hall–Kier alpha value is -1.69.